The fourth-order valence-electron chi connectivity index (χ4n) is 6.49. The molecule has 0 spiro atoms. The minimum atomic E-state index is -2.80. The van der Waals surface area contributed by atoms with E-state index in [-0.39, 0.29) is 65.5 Å². The Balaban J connectivity index is 0.000000251. The quantitative estimate of drug-likeness (QED) is 0.131. The minimum absolute atomic E-state index is 0. The van der Waals surface area contributed by atoms with Crippen LogP contribution in [0.3, 0.4) is 0 Å². The zero-order valence-corrected chi connectivity index (χ0v) is 31.1. The van der Waals surface area contributed by atoms with Crippen molar-refractivity contribution in [1.82, 2.24) is 14.4 Å². The molecule has 0 saturated carbocycles. The first-order valence-corrected chi connectivity index (χ1v) is 16.5. The van der Waals surface area contributed by atoms with Crippen LogP contribution in [0.1, 0.15) is 55.4 Å². The van der Waals surface area contributed by atoms with Crippen LogP contribution in [0, 0.1) is 48.4 Å². The van der Waals surface area contributed by atoms with Gasteiger partial charge in [-0.15, -0.1) is 36.4 Å². The molecule has 1 radical (unpaired) electrons. The van der Waals surface area contributed by atoms with E-state index < -0.39 is 25.5 Å². The van der Waals surface area contributed by atoms with E-state index in [4.69, 9.17) is 16.8 Å². The van der Waals surface area contributed by atoms with Gasteiger partial charge in [0.15, 0.2) is 0 Å². The third-order valence-electron chi connectivity index (χ3n) is 8.68. The Morgan fingerprint density at radius 2 is 1.79 bits per heavy atom. The molecule has 0 atom stereocenters. The number of imidazole rings is 1. The number of rotatable bonds is 3. The Labute approximate surface area is 333 Å². The SMILES string of the molecule is Fc1c[c-]c2c(c1)c1ccccc1n1ccnc21.[2H]c1cc(C([2H])([2H])C(C)(C)C)cc(C([2H])([2H])[2H])c1-c1cc(-c2[c-]ccc3c2oc2cc(C#N)ccc23)ncc1C([2H])([2H])[2H].[Ir]. The van der Waals surface area contributed by atoms with Gasteiger partial charge in [0.2, 0.25) is 0 Å². The van der Waals surface area contributed by atoms with Crippen LogP contribution < -0.4 is 0 Å². The van der Waals surface area contributed by atoms with Gasteiger partial charge in [0.1, 0.15) is 5.58 Å². The van der Waals surface area contributed by atoms with Gasteiger partial charge in [-0.25, -0.2) is 0 Å². The van der Waals surface area contributed by atoms with E-state index in [0.717, 1.165) is 44.3 Å². The van der Waals surface area contributed by atoms with Gasteiger partial charge in [0.05, 0.1) is 24.2 Å². The summed E-state index contributed by atoms with van der Waals surface area (Å²) in [4.78, 5) is 8.74. The zero-order valence-electron chi connectivity index (χ0n) is 37.7. The first-order chi connectivity index (χ1) is 28.7. The Bertz CT molecular complexity index is 3250. The number of pyridine rings is 2. The Morgan fingerprint density at radius 1 is 0.943 bits per heavy atom. The molecule has 9 aromatic rings. The monoisotopic (exact) mass is 880 g/mol. The van der Waals surface area contributed by atoms with Crippen LogP contribution >= 0.6 is 0 Å². The van der Waals surface area contributed by atoms with Crippen LogP contribution in [0.2, 0.25) is 0 Å². The molecular formula is C46H35FIrN4O-2. The van der Waals surface area contributed by atoms with Gasteiger partial charge < -0.3 is 13.8 Å². The smallest absolute Gasteiger partial charge is 0.122 e. The summed E-state index contributed by atoms with van der Waals surface area (Å²) in [5.41, 5.74) is 2.07. The number of nitriles is 1. The number of halogens is 1. The molecule has 9 rings (SSSR count). The molecule has 0 unspecified atom stereocenters. The van der Waals surface area contributed by atoms with E-state index in [0.29, 0.717) is 22.3 Å². The molecule has 0 bridgehead atoms. The van der Waals surface area contributed by atoms with Crippen molar-refractivity contribution in [3.63, 3.8) is 0 Å². The number of furan rings is 1. The summed E-state index contributed by atoms with van der Waals surface area (Å²) in [5.74, 6) is -0.274. The van der Waals surface area contributed by atoms with Crippen molar-refractivity contribution in [2.24, 2.45) is 5.41 Å². The number of hydrogen-bond donors (Lipinski definition) is 0. The van der Waals surface area contributed by atoms with Gasteiger partial charge in [-0.3, -0.25) is 9.37 Å². The average molecular weight is 880 g/mol. The topological polar surface area (TPSA) is 67.1 Å². The van der Waals surface area contributed by atoms with Gasteiger partial charge in [-0.2, -0.15) is 5.26 Å². The molecule has 0 aliphatic carbocycles. The number of nitrogens with zero attached hydrogens (tertiary/aromatic N) is 4. The van der Waals surface area contributed by atoms with E-state index in [2.05, 4.69) is 28.2 Å². The van der Waals surface area contributed by atoms with Crippen LogP contribution in [-0.4, -0.2) is 14.4 Å². The fourth-order valence-corrected chi connectivity index (χ4v) is 6.49. The summed E-state index contributed by atoms with van der Waals surface area (Å²) in [6.07, 6.45) is 2.81. The van der Waals surface area contributed by atoms with Gasteiger partial charge in [-0.05, 0) is 82.6 Å². The normalized spacial score (nSPS) is 14.7. The van der Waals surface area contributed by atoms with Crippen molar-refractivity contribution in [2.75, 3.05) is 0 Å². The minimum Gasteiger partial charge on any atom is -0.501 e. The largest absolute Gasteiger partial charge is 0.501 e. The van der Waals surface area contributed by atoms with Gasteiger partial charge >= 0.3 is 0 Å². The molecule has 263 valence electrons. The standard InChI is InChI=1S/C31H27N2O.C15H8FN2.Ir/c1-19-13-21(16-31(3,4)5)9-11-23(19)27-15-28(33-18-20(27)2)26-8-6-7-25-24-12-10-22(17-32)14-29(24)34-30(25)26;16-10-5-6-12-13(9-10)11-3-1-2-4-14(11)18-8-7-17-15(12)18;/h6-7,9-15,18H,16H2,1-5H3;1-5,7-9H;/q2*-1;/i1D3,2D3,11D,16D2;;. The Morgan fingerprint density at radius 3 is 2.60 bits per heavy atom. The van der Waals surface area contributed by atoms with Crippen LogP contribution in [0.4, 0.5) is 4.39 Å². The van der Waals surface area contributed by atoms with Crippen molar-refractivity contribution in [3.8, 4) is 28.5 Å². The summed E-state index contributed by atoms with van der Waals surface area (Å²) in [7, 11) is 0. The molecule has 0 aliphatic rings. The number of hydrogen-bond acceptors (Lipinski definition) is 4. The van der Waals surface area contributed by atoms with Crippen molar-refractivity contribution in [3.05, 3.63) is 150 Å². The number of para-hydroxylation sites is 1. The molecule has 5 aromatic carbocycles. The number of fused-ring (bicyclic) bond motifs is 9. The average Bonchev–Trinajstić information content (AvgIpc) is 3.85. The number of benzene rings is 5. The number of aryl methyl sites for hydroxylation is 2. The summed E-state index contributed by atoms with van der Waals surface area (Å²) < 4.78 is 97.2. The molecule has 4 aromatic heterocycles. The van der Waals surface area contributed by atoms with Gasteiger partial charge in [0.25, 0.3) is 0 Å². The second-order valence-corrected chi connectivity index (χ2v) is 13.4. The van der Waals surface area contributed by atoms with E-state index in [1.54, 1.807) is 63.4 Å². The maximum absolute atomic E-state index is 13.4. The van der Waals surface area contributed by atoms with Crippen molar-refractivity contribution >= 4 is 49.3 Å². The van der Waals surface area contributed by atoms with Gasteiger partial charge in [0, 0.05) is 66.4 Å². The first-order valence-electron chi connectivity index (χ1n) is 21.0. The summed E-state index contributed by atoms with van der Waals surface area (Å²) in [6, 6.07) is 31.1. The van der Waals surface area contributed by atoms with E-state index in [9.17, 15) is 9.65 Å². The Hall–Kier alpha value is -5.67. The molecule has 0 saturated heterocycles. The third kappa shape index (κ3) is 6.73. The van der Waals surface area contributed by atoms with Crippen LogP contribution in [0.25, 0.3) is 71.6 Å². The molecule has 7 heteroatoms. The molecule has 4 heterocycles. The molecule has 0 fully saturated rings. The Kier molecular flexibility index (Phi) is 6.93. The molecule has 0 aliphatic heterocycles. The third-order valence-corrected chi connectivity index (χ3v) is 8.68. The maximum atomic E-state index is 13.4. The second-order valence-electron chi connectivity index (χ2n) is 13.4. The predicted octanol–water partition coefficient (Wildman–Crippen LogP) is 11.8. The predicted molar refractivity (Wildman–Crippen MR) is 208 cm³/mol. The first kappa shape index (κ1) is 26.1. The van der Waals surface area contributed by atoms with E-state index >= 15 is 0 Å². The summed E-state index contributed by atoms with van der Waals surface area (Å²) in [6.45, 7) is -0.470. The van der Waals surface area contributed by atoms with Crippen LogP contribution in [-0.2, 0) is 26.5 Å². The number of aromatic nitrogens is 3. The van der Waals surface area contributed by atoms with Crippen molar-refractivity contribution < 1.29 is 41.2 Å². The van der Waals surface area contributed by atoms with Crippen molar-refractivity contribution in [1.29, 1.82) is 5.26 Å². The fraction of sp³-hybridized carbons (Fsp3) is 0.152. The summed E-state index contributed by atoms with van der Waals surface area (Å²) >= 11 is 0. The van der Waals surface area contributed by atoms with Gasteiger partial charge in [-0.1, -0.05) is 91.0 Å². The molecular weight excluding hydrogens is 836 g/mol. The zero-order chi connectivity index (χ0) is 43.8. The molecule has 0 N–H and O–H groups in total. The second kappa shape index (κ2) is 14.0. The van der Waals surface area contributed by atoms with Crippen LogP contribution in [0.5, 0.6) is 0 Å². The molecule has 5 nitrogen and oxygen atoms in total. The van der Waals surface area contributed by atoms with Crippen molar-refractivity contribution in [2.45, 2.75) is 40.8 Å². The van der Waals surface area contributed by atoms with Crippen LogP contribution in [0.15, 0.2) is 114 Å². The summed E-state index contributed by atoms with van der Waals surface area (Å²) in [5, 5.41) is 13.5. The van der Waals surface area contributed by atoms with E-state index in [1.165, 1.54) is 24.3 Å². The maximum Gasteiger partial charge on any atom is 0.122 e. The molecule has 0 amide bonds. The molecule has 53 heavy (non-hydrogen) atoms. The van der Waals surface area contributed by atoms with E-state index in [1.807, 2.05) is 34.9 Å².